The highest BCUT2D eigenvalue weighted by Crippen LogP contribution is 2.37. The summed E-state index contributed by atoms with van der Waals surface area (Å²) < 4.78 is 5.78. The average Bonchev–Trinajstić information content (AvgIpc) is 3.09. The summed E-state index contributed by atoms with van der Waals surface area (Å²) in [4.78, 5) is 0. The zero-order valence-corrected chi connectivity index (χ0v) is 13.0. The van der Waals surface area contributed by atoms with Gasteiger partial charge in [0.2, 0.25) is 0 Å². The number of ether oxygens (including phenoxy) is 1. The molecule has 0 heterocycles. The van der Waals surface area contributed by atoms with Crippen LogP contribution in [0.1, 0.15) is 59.8 Å². The summed E-state index contributed by atoms with van der Waals surface area (Å²) >= 11 is 0. The minimum Gasteiger partial charge on any atom is -0.380 e. The van der Waals surface area contributed by atoms with Crippen molar-refractivity contribution in [2.75, 3.05) is 13.7 Å². The van der Waals surface area contributed by atoms with E-state index in [1.165, 1.54) is 32.1 Å². The Kier molecular flexibility index (Phi) is 7.25. The lowest BCUT2D eigenvalue weighted by Crippen LogP contribution is -2.43. The summed E-state index contributed by atoms with van der Waals surface area (Å²) in [6.07, 6.45) is 6.95. The van der Waals surface area contributed by atoms with Crippen LogP contribution in [0.5, 0.6) is 0 Å². The minimum atomic E-state index is 0.436. The molecule has 3 unspecified atom stereocenters. The molecule has 1 aliphatic carbocycles. The fourth-order valence-corrected chi connectivity index (χ4v) is 3.11. The van der Waals surface area contributed by atoms with Crippen molar-refractivity contribution in [3.63, 3.8) is 0 Å². The summed E-state index contributed by atoms with van der Waals surface area (Å²) in [7, 11) is 1.89. The molecule has 1 aliphatic rings. The topological polar surface area (TPSA) is 21.3 Å². The first-order valence-electron chi connectivity index (χ1n) is 7.84. The number of methoxy groups -OCH3 is 1. The predicted molar refractivity (Wildman–Crippen MR) is 78.8 cm³/mol. The third kappa shape index (κ3) is 5.71. The van der Waals surface area contributed by atoms with E-state index >= 15 is 0 Å². The molecule has 0 aromatic heterocycles. The molecule has 0 saturated heterocycles. The zero-order valence-electron chi connectivity index (χ0n) is 13.0. The first kappa shape index (κ1) is 16.0. The predicted octanol–water partition coefficient (Wildman–Crippen LogP) is 3.85. The summed E-state index contributed by atoms with van der Waals surface area (Å²) in [6, 6.07) is 0.552. The van der Waals surface area contributed by atoms with Gasteiger partial charge < -0.3 is 10.1 Å². The highest BCUT2D eigenvalue weighted by atomic mass is 16.5. The Morgan fingerprint density at radius 3 is 2.28 bits per heavy atom. The highest BCUT2D eigenvalue weighted by Gasteiger charge is 2.36. The van der Waals surface area contributed by atoms with Gasteiger partial charge in [-0.3, -0.25) is 0 Å². The molecule has 0 bridgehead atoms. The number of rotatable bonds is 10. The third-order valence-electron chi connectivity index (χ3n) is 3.94. The number of nitrogens with one attached hydrogen (secondary N) is 1. The van der Waals surface area contributed by atoms with Crippen LogP contribution in [-0.4, -0.2) is 25.8 Å². The van der Waals surface area contributed by atoms with E-state index in [4.69, 9.17) is 4.74 Å². The van der Waals surface area contributed by atoms with E-state index in [0.717, 1.165) is 24.3 Å². The van der Waals surface area contributed by atoms with Crippen LogP contribution < -0.4 is 5.32 Å². The second kappa shape index (κ2) is 8.16. The van der Waals surface area contributed by atoms with E-state index < -0.39 is 0 Å². The smallest absolute Gasteiger partial charge is 0.0752 e. The number of hydrogen-bond donors (Lipinski definition) is 1. The molecule has 1 saturated carbocycles. The standard InChI is InChI=1S/C16H33NO/c1-6-9-17-15(11-13(4)10-12(2)3)16(18-5)14-7-8-14/h12-17H,6-11H2,1-5H3. The Labute approximate surface area is 114 Å². The second-order valence-electron chi connectivity index (χ2n) is 6.57. The van der Waals surface area contributed by atoms with Gasteiger partial charge in [0.1, 0.15) is 0 Å². The molecular weight excluding hydrogens is 222 g/mol. The van der Waals surface area contributed by atoms with Crippen LogP contribution in [0.3, 0.4) is 0 Å². The molecule has 0 radical (unpaired) electrons. The summed E-state index contributed by atoms with van der Waals surface area (Å²) in [5.41, 5.74) is 0. The molecule has 0 amide bonds. The molecule has 108 valence electrons. The van der Waals surface area contributed by atoms with E-state index in [0.29, 0.717) is 12.1 Å². The van der Waals surface area contributed by atoms with Crippen molar-refractivity contribution in [3.05, 3.63) is 0 Å². The Morgan fingerprint density at radius 1 is 1.17 bits per heavy atom. The third-order valence-corrected chi connectivity index (χ3v) is 3.94. The molecule has 0 aromatic carbocycles. The van der Waals surface area contributed by atoms with Gasteiger partial charge in [0.15, 0.2) is 0 Å². The highest BCUT2D eigenvalue weighted by molar-refractivity contribution is 4.91. The Bertz CT molecular complexity index is 213. The van der Waals surface area contributed by atoms with Gasteiger partial charge in [-0.25, -0.2) is 0 Å². The summed E-state index contributed by atoms with van der Waals surface area (Å²) in [5.74, 6) is 2.40. The van der Waals surface area contributed by atoms with Crippen LogP contribution in [0.2, 0.25) is 0 Å². The number of hydrogen-bond acceptors (Lipinski definition) is 2. The van der Waals surface area contributed by atoms with Gasteiger partial charge in [-0.2, -0.15) is 0 Å². The van der Waals surface area contributed by atoms with E-state index in [-0.39, 0.29) is 0 Å². The van der Waals surface area contributed by atoms with Crippen molar-refractivity contribution in [2.45, 2.75) is 71.9 Å². The summed E-state index contributed by atoms with van der Waals surface area (Å²) in [6.45, 7) is 10.4. The Balaban J connectivity index is 2.47. The average molecular weight is 255 g/mol. The van der Waals surface area contributed by atoms with Crippen molar-refractivity contribution in [3.8, 4) is 0 Å². The molecule has 2 nitrogen and oxygen atoms in total. The fraction of sp³-hybridized carbons (Fsp3) is 1.00. The van der Waals surface area contributed by atoms with Gasteiger partial charge in [-0.05, 0) is 56.4 Å². The quantitative estimate of drug-likeness (QED) is 0.640. The van der Waals surface area contributed by atoms with Crippen molar-refractivity contribution >= 4 is 0 Å². The zero-order chi connectivity index (χ0) is 13.5. The van der Waals surface area contributed by atoms with E-state index in [1.54, 1.807) is 0 Å². The maximum absolute atomic E-state index is 5.78. The second-order valence-corrected chi connectivity index (χ2v) is 6.57. The van der Waals surface area contributed by atoms with Crippen molar-refractivity contribution in [1.29, 1.82) is 0 Å². The Morgan fingerprint density at radius 2 is 1.83 bits per heavy atom. The molecular formula is C16H33NO. The van der Waals surface area contributed by atoms with Gasteiger partial charge in [0.05, 0.1) is 6.10 Å². The van der Waals surface area contributed by atoms with Crippen LogP contribution in [0.4, 0.5) is 0 Å². The molecule has 1 N–H and O–H groups in total. The van der Waals surface area contributed by atoms with Gasteiger partial charge in [0.25, 0.3) is 0 Å². The van der Waals surface area contributed by atoms with Crippen molar-refractivity contribution in [2.24, 2.45) is 17.8 Å². The molecule has 2 heteroatoms. The molecule has 0 aliphatic heterocycles. The molecule has 1 rings (SSSR count). The van der Waals surface area contributed by atoms with Crippen LogP contribution in [0, 0.1) is 17.8 Å². The fourth-order valence-electron chi connectivity index (χ4n) is 3.11. The molecule has 18 heavy (non-hydrogen) atoms. The van der Waals surface area contributed by atoms with Crippen LogP contribution in [-0.2, 0) is 4.74 Å². The molecule has 3 atom stereocenters. The van der Waals surface area contributed by atoms with Crippen LogP contribution in [0.25, 0.3) is 0 Å². The van der Waals surface area contributed by atoms with Gasteiger partial charge in [-0.1, -0.05) is 27.7 Å². The lowest BCUT2D eigenvalue weighted by molar-refractivity contribution is 0.0428. The van der Waals surface area contributed by atoms with Crippen LogP contribution in [0.15, 0.2) is 0 Å². The Hall–Kier alpha value is -0.0800. The maximum Gasteiger partial charge on any atom is 0.0752 e. The first-order chi connectivity index (χ1) is 8.58. The van der Waals surface area contributed by atoms with Gasteiger partial charge in [-0.15, -0.1) is 0 Å². The van der Waals surface area contributed by atoms with Crippen molar-refractivity contribution < 1.29 is 4.74 Å². The van der Waals surface area contributed by atoms with E-state index in [1.807, 2.05) is 7.11 Å². The molecule has 0 aromatic rings. The molecule has 0 spiro atoms. The summed E-state index contributed by atoms with van der Waals surface area (Å²) in [5, 5.41) is 3.72. The minimum absolute atomic E-state index is 0.436. The van der Waals surface area contributed by atoms with Gasteiger partial charge in [0, 0.05) is 13.2 Å². The van der Waals surface area contributed by atoms with E-state index in [9.17, 15) is 0 Å². The first-order valence-corrected chi connectivity index (χ1v) is 7.84. The maximum atomic E-state index is 5.78. The largest absolute Gasteiger partial charge is 0.380 e. The lowest BCUT2D eigenvalue weighted by atomic mass is 9.89. The van der Waals surface area contributed by atoms with Crippen molar-refractivity contribution in [1.82, 2.24) is 5.32 Å². The normalized spacial score (nSPS) is 21.0. The van der Waals surface area contributed by atoms with Crippen LogP contribution >= 0.6 is 0 Å². The monoisotopic (exact) mass is 255 g/mol. The van der Waals surface area contributed by atoms with E-state index in [2.05, 4.69) is 33.0 Å². The van der Waals surface area contributed by atoms with Gasteiger partial charge >= 0.3 is 0 Å². The SMILES string of the molecule is CCCNC(CC(C)CC(C)C)C(OC)C1CC1. The molecule has 1 fully saturated rings. The lowest BCUT2D eigenvalue weighted by Gasteiger charge is -2.30.